The van der Waals surface area contributed by atoms with Crippen LogP contribution in [0.4, 0.5) is 22.7 Å². The molecule has 0 unspecified atom stereocenters. The monoisotopic (exact) mass is 619 g/mol. The summed E-state index contributed by atoms with van der Waals surface area (Å²) in [4.78, 5) is 28.7. The second-order valence-corrected chi connectivity index (χ2v) is 10.1. The number of nitro groups is 2. The SMILES string of the molecule is O=[N+]([O-])c1ccc(N2CCN(C(=S)[S-])CC2)cc1.O=[N+]([O-])c1ccc(N2CCN(C(=S)[S-])CC2)cc1.[Mn+2]. The molecule has 15 heteroatoms. The third-order valence-electron chi connectivity index (χ3n) is 5.93. The Morgan fingerprint density at radius 1 is 0.622 bits per heavy atom. The van der Waals surface area contributed by atoms with Crippen LogP contribution in [0.2, 0.25) is 0 Å². The van der Waals surface area contributed by atoms with E-state index in [1.165, 1.54) is 24.3 Å². The Balaban J connectivity index is 0.000000253. The molecule has 0 aromatic heterocycles. The van der Waals surface area contributed by atoms with Gasteiger partial charge < -0.3 is 69.3 Å². The van der Waals surface area contributed by atoms with Crippen molar-refractivity contribution in [1.29, 1.82) is 0 Å². The van der Waals surface area contributed by atoms with Gasteiger partial charge in [-0.05, 0) is 24.3 Å². The molecule has 197 valence electrons. The van der Waals surface area contributed by atoms with E-state index >= 15 is 0 Å². The summed E-state index contributed by atoms with van der Waals surface area (Å²) >= 11 is 19.9. The smallest absolute Gasteiger partial charge is 0.411 e. The minimum atomic E-state index is -0.392. The Kier molecular flexibility index (Phi) is 12.1. The summed E-state index contributed by atoms with van der Waals surface area (Å²) in [6.45, 7) is 6.53. The molecule has 0 bridgehead atoms. The Morgan fingerprint density at radius 3 is 1.11 bits per heavy atom. The fourth-order valence-electron chi connectivity index (χ4n) is 3.86. The fraction of sp³-hybridized carbons (Fsp3) is 0.364. The third-order valence-corrected chi connectivity index (χ3v) is 6.96. The number of nitrogens with zero attached hydrogens (tertiary/aromatic N) is 6. The summed E-state index contributed by atoms with van der Waals surface area (Å²) < 4.78 is 1.02. The van der Waals surface area contributed by atoms with Crippen molar-refractivity contribution >= 4 is 81.1 Å². The van der Waals surface area contributed by atoms with Crippen molar-refractivity contribution in [2.45, 2.75) is 0 Å². The second kappa shape index (κ2) is 14.5. The summed E-state index contributed by atoms with van der Waals surface area (Å²) in [5.74, 6) is 0. The molecule has 2 aliphatic rings. The second-order valence-electron chi connectivity index (χ2n) is 8.03. The Labute approximate surface area is 247 Å². The molecule has 2 aromatic carbocycles. The van der Waals surface area contributed by atoms with E-state index in [2.05, 4.69) is 9.80 Å². The van der Waals surface area contributed by atoms with Crippen LogP contribution in [0, 0.1) is 20.2 Å². The van der Waals surface area contributed by atoms with Crippen LogP contribution in [0.5, 0.6) is 0 Å². The molecule has 2 fully saturated rings. The first kappa shape index (κ1) is 30.8. The van der Waals surface area contributed by atoms with E-state index in [-0.39, 0.29) is 28.4 Å². The van der Waals surface area contributed by atoms with Crippen molar-refractivity contribution in [1.82, 2.24) is 9.80 Å². The van der Waals surface area contributed by atoms with Crippen LogP contribution in [-0.4, -0.2) is 80.6 Å². The molecule has 0 N–H and O–H groups in total. The van der Waals surface area contributed by atoms with E-state index in [1.807, 2.05) is 9.80 Å². The van der Waals surface area contributed by atoms with Gasteiger partial charge in [0.05, 0.1) is 9.85 Å². The van der Waals surface area contributed by atoms with Gasteiger partial charge in [-0.2, -0.15) is 0 Å². The molecule has 0 amide bonds. The van der Waals surface area contributed by atoms with Gasteiger partial charge in [-0.1, -0.05) is 8.64 Å². The molecule has 1 radical (unpaired) electrons. The number of thiocarbonyl (C=S) groups is 2. The van der Waals surface area contributed by atoms with Crippen LogP contribution >= 0.6 is 24.4 Å². The van der Waals surface area contributed by atoms with Crippen molar-refractivity contribution in [2.75, 3.05) is 62.2 Å². The zero-order valence-corrected chi connectivity index (χ0v) is 24.0. The maximum absolute atomic E-state index is 10.6. The van der Waals surface area contributed by atoms with E-state index in [1.54, 1.807) is 24.3 Å². The number of non-ortho nitro benzene ring substituents is 2. The first-order chi connectivity index (χ1) is 17.2. The largest absolute Gasteiger partial charge is 2.00 e. The first-order valence-electron chi connectivity index (χ1n) is 11.1. The van der Waals surface area contributed by atoms with Crippen LogP contribution in [0.3, 0.4) is 0 Å². The Morgan fingerprint density at radius 2 is 0.892 bits per heavy atom. The summed E-state index contributed by atoms with van der Waals surface area (Å²) in [5, 5.41) is 21.1. The molecule has 2 aliphatic heterocycles. The fourth-order valence-corrected chi connectivity index (χ4v) is 4.60. The number of hydrogen-bond acceptors (Lipinski definition) is 10. The molecule has 10 nitrogen and oxygen atoms in total. The molecule has 37 heavy (non-hydrogen) atoms. The number of benzene rings is 2. The van der Waals surface area contributed by atoms with Crippen molar-refractivity contribution in [3.63, 3.8) is 0 Å². The van der Waals surface area contributed by atoms with Crippen LogP contribution < -0.4 is 9.80 Å². The molecule has 2 heterocycles. The summed E-state index contributed by atoms with van der Waals surface area (Å²) in [7, 11) is 0. The van der Waals surface area contributed by atoms with Crippen molar-refractivity contribution in [3.8, 4) is 0 Å². The summed E-state index contributed by atoms with van der Waals surface area (Å²) in [6, 6.07) is 13.2. The number of piperazine rings is 2. The zero-order valence-electron chi connectivity index (χ0n) is 19.6. The standard InChI is InChI=1S/2C11H13N3O2S2.Mn/c2*15-14(16)10-3-1-9(2-4-10)12-5-7-13(8-6-12)11(17)18;/h2*1-4H,5-8H2,(H,17,18);/q;;+2/p-2. The van der Waals surface area contributed by atoms with Gasteiger partial charge in [0.2, 0.25) is 0 Å². The van der Waals surface area contributed by atoms with Gasteiger partial charge in [-0.25, -0.2) is 0 Å². The van der Waals surface area contributed by atoms with Crippen LogP contribution in [0.25, 0.3) is 0 Å². The van der Waals surface area contributed by atoms with Gasteiger partial charge in [0.1, 0.15) is 0 Å². The predicted molar refractivity (Wildman–Crippen MR) is 154 cm³/mol. The van der Waals surface area contributed by atoms with E-state index in [4.69, 9.17) is 49.7 Å². The van der Waals surface area contributed by atoms with Crippen molar-refractivity contribution in [3.05, 3.63) is 68.8 Å². The maximum Gasteiger partial charge on any atom is 2.00 e. The Bertz CT molecular complexity index is 1010. The molecular weight excluding hydrogens is 595 g/mol. The molecule has 0 spiro atoms. The third kappa shape index (κ3) is 8.83. The number of anilines is 2. The van der Waals surface area contributed by atoms with Gasteiger partial charge in [0.15, 0.2) is 0 Å². The molecule has 4 rings (SSSR count). The van der Waals surface area contributed by atoms with Crippen LogP contribution in [0.15, 0.2) is 48.5 Å². The van der Waals surface area contributed by atoms with Crippen molar-refractivity contribution in [2.24, 2.45) is 0 Å². The van der Waals surface area contributed by atoms with E-state index in [9.17, 15) is 20.2 Å². The normalized spacial score (nSPS) is 15.1. The zero-order chi connectivity index (χ0) is 26.2. The van der Waals surface area contributed by atoms with Gasteiger partial charge in [-0.15, -0.1) is 0 Å². The van der Waals surface area contributed by atoms with Crippen LogP contribution in [0.1, 0.15) is 0 Å². The first-order valence-corrected chi connectivity index (χ1v) is 12.7. The quantitative estimate of drug-likeness (QED) is 0.165. The van der Waals surface area contributed by atoms with Gasteiger partial charge in [-0.3, -0.25) is 20.2 Å². The van der Waals surface area contributed by atoms with Gasteiger partial charge in [0, 0.05) is 88.0 Å². The van der Waals surface area contributed by atoms with Gasteiger partial charge >= 0.3 is 17.1 Å². The maximum atomic E-state index is 10.6. The average molecular weight is 620 g/mol. The minimum absolute atomic E-state index is 0. The van der Waals surface area contributed by atoms with Crippen molar-refractivity contribution < 1.29 is 26.9 Å². The molecule has 0 aliphatic carbocycles. The predicted octanol–water partition coefficient (Wildman–Crippen LogP) is 3.09. The molecule has 0 atom stereocenters. The summed E-state index contributed by atoms with van der Waals surface area (Å²) in [5.41, 5.74) is 2.22. The molecule has 2 saturated heterocycles. The van der Waals surface area contributed by atoms with E-state index < -0.39 is 9.85 Å². The molecule has 2 aromatic rings. The minimum Gasteiger partial charge on any atom is -0.411 e. The number of rotatable bonds is 4. The number of nitro benzene ring substituents is 2. The average Bonchev–Trinajstić information content (AvgIpc) is 2.89. The van der Waals surface area contributed by atoms with E-state index in [0.29, 0.717) is 8.64 Å². The topological polar surface area (TPSA) is 99.2 Å². The van der Waals surface area contributed by atoms with Crippen LogP contribution in [-0.2, 0) is 42.3 Å². The summed E-state index contributed by atoms with van der Waals surface area (Å²) in [6.07, 6.45) is 0. The number of hydrogen-bond donors (Lipinski definition) is 0. The van der Waals surface area contributed by atoms with Gasteiger partial charge in [0.25, 0.3) is 11.4 Å². The molecular formula is C22H24MnN6O4S4. The van der Waals surface area contributed by atoms with E-state index in [0.717, 1.165) is 63.7 Å². The Hall–Kier alpha value is -2.42. The molecule has 0 saturated carbocycles.